The minimum atomic E-state index is -0.795. The standard InChI is InChI=1S/C18H14FN3O5/c19-14-6-5-13(22(26)27)9-15(14)20-18(25)12-3-1-11(2-4-12)10-21-16(23)7-8-17(21)24/h1-6,9H,7-8,10H2,(H,20,25). The summed E-state index contributed by atoms with van der Waals surface area (Å²) in [6.07, 6.45) is 0.405. The summed E-state index contributed by atoms with van der Waals surface area (Å²) in [4.78, 5) is 46.7. The predicted octanol–water partition coefficient (Wildman–Crippen LogP) is 2.64. The zero-order chi connectivity index (χ0) is 19.6. The quantitative estimate of drug-likeness (QED) is 0.494. The molecule has 3 rings (SSSR count). The molecule has 0 spiro atoms. The summed E-state index contributed by atoms with van der Waals surface area (Å²) in [6.45, 7) is 0.124. The summed E-state index contributed by atoms with van der Waals surface area (Å²) in [5.74, 6) is -1.91. The molecule has 0 unspecified atom stereocenters. The molecule has 0 saturated carbocycles. The average Bonchev–Trinajstić information content (AvgIpc) is 2.96. The molecule has 1 saturated heterocycles. The van der Waals surface area contributed by atoms with Crippen molar-refractivity contribution in [3.05, 3.63) is 69.5 Å². The first-order valence-corrected chi connectivity index (χ1v) is 8.02. The fourth-order valence-corrected chi connectivity index (χ4v) is 2.66. The number of nitro benzene ring substituents is 1. The average molecular weight is 371 g/mol. The highest BCUT2D eigenvalue weighted by Crippen LogP contribution is 2.22. The van der Waals surface area contributed by atoms with Crippen LogP contribution in [0.4, 0.5) is 15.8 Å². The van der Waals surface area contributed by atoms with Gasteiger partial charge < -0.3 is 5.32 Å². The molecule has 2 aromatic rings. The minimum Gasteiger partial charge on any atom is -0.319 e. The van der Waals surface area contributed by atoms with Crippen molar-refractivity contribution in [2.24, 2.45) is 0 Å². The first kappa shape index (κ1) is 18.2. The van der Waals surface area contributed by atoms with Gasteiger partial charge in [0.1, 0.15) is 5.82 Å². The van der Waals surface area contributed by atoms with Gasteiger partial charge in [0.25, 0.3) is 11.6 Å². The Balaban J connectivity index is 1.71. The Kier molecular flexibility index (Phi) is 4.93. The van der Waals surface area contributed by atoms with Crippen molar-refractivity contribution in [3.63, 3.8) is 0 Å². The monoisotopic (exact) mass is 371 g/mol. The van der Waals surface area contributed by atoms with Crippen LogP contribution in [-0.4, -0.2) is 27.5 Å². The summed E-state index contributed by atoms with van der Waals surface area (Å²) in [5, 5.41) is 13.1. The molecular weight excluding hydrogens is 357 g/mol. The number of nitrogens with one attached hydrogen (secondary N) is 1. The number of non-ortho nitro benzene ring substituents is 1. The van der Waals surface area contributed by atoms with Crippen molar-refractivity contribution >= 4 is 29.1 Å². The summed E-state index contributed by atoms with van der Waals surface area (Å²) < 4.78 is 13.8. The predicted molar refractivity (Wildman–Crippen MR) is 92.2 cm³/mol. The second-order valence-corrected chi connectivity index (χ2v) is 5.95. The summed E-state index contributed by atoms with van der Waals surface area (Å²) in [6, 6.07) is 8.93. The molecule has 0 bridgehead atoms. The number of amides is 3. The van der Waals surface area contributed by atoms with E-state index in [-0.39, 0.29) is 48.1 Å². The molecular formula is C18H14FN3O5. The third-order valence-electron chi connectivity index (χ3n) is 4.12. The summed E-state index contributed by atoms with van der Waals surface area (Å²) in [7, 11) is 0. The Morgan fingerprint density at radius 2 is 1.74 bits per heavy atom. The lowest BCUT2D eigenvalue weighted by Crippen LogP contribution is -2.28. The molecule has 3 amide bonds. The van der Waals surface area contributed by atoms with Gasteiger partial charge >= 0.3 is 0 Å². The molecule has 8 nitrogen and oxygen atoms in total. The van der Waals surface area contributed by atoms with Gasteiger partial charge in [0.05, 0.1) is 17.2 Å². The number of nitro groups is 1. The maximum absolute atomic E-state index is 13.8. The fraction of sp³-hybridized carbons (Fsp3) is 0.167. The maximum atomic E-state index is 13.8. The summed E-state index contributed by atoms with van der Waals surface area (Å²) in [5.41, 5.74) is 0.217. The van der Waals surface area contributed by atoms with Crippen molar-refractivity contribution in [1.29, 1.82) is 0 Å². The van der Waals surface area contributed by atoms with Gasteiger partial charge in [-0.2, -0.15) is 0 Å². The lowest BCUT2D eigenvalue weighted by molar-refractivity contribution is -0.384. The smallest absolute Gasteiger partial charge is 0.271 e. The molecule has 0 aliphatic carbocycles. The van der Waals surface area contributed by atoms with Crippen LogP contribution in [-0.2, 0) is 16.1 Å². The normalized spacial score (nSPS) is 13.7. The highest BCUT2D eigenvalue weighted by molar-refractivity contribution is 6.04. The van der Waals surface area contributed by atoms with E-state index in [0.717, 1.165) is 23.1 Å². The molecule has 2 aromatic carbocycles. The highest BCUT2D eigenvalue weighted by Gasteiger charge is 2.28. The zero-order valence-electron chi connectivity index (χ0n) is 14.0. The molecule has 0 aromatic heterocycles. The molecule has 9 heteroatoms. The van der Waals surface area contributed by atoms with Crippen molar-refractivity contribution in [2.75, 3.05) is 5.32 Å². The maximum Gasteiger partial charge on any atom is 0.271 e. The minimum absolute atomic E-state index is 0.124. The lowest BCUT2D eigenvalue weighted by atomic mass is 10.1. The number of rotatable bonds is 5. The molecule has 27 heavy (non-hydrogen) atoms. The fourth-order valence-electron chi connectivity index (χ4n) is 2.66. The van der Waals surface area contributed by atoms with Gasteiger partial charge in [-0.15, -0.1) is 0 Å². The van der Waals surface area contributed by atoms with E-state index in [0.29, 0.717) is 5.56 Å². The topological polar surface area (TPSA) is 110 Å². The number of carbonyl (C=O) groups is 3. The number of halogens is 1. The van der Waals surface area contributed by atoms with E-state index in [4.69, 9.17) is 0 Å². The first-order chi connectivity index (χ1) is 12.8. The van der Waals surface area contributed by atoms with Gasteiger partial charge in [0, 0.05) is 30.5 Å². The van der Waals surface area contributed by atoms with Gasteiger partial charge in [-0.3, -0.25) is 29.4 Å². The van der Waals surface area contributed by atoms with Crippen molar-refractivity contribution in [3.8, 4) is 0 Å². The molecule has 1 N–H and O–H groups in total. The number of anilines is 1. The van der Waals surface area contributed by atoms with Crippen molar-refractivity contribution < 1.29 is 23.7 Å². The molecule has 1 aliphatic heterocycles. The molecule has 1 aliphatic rings. The largest absolute Gasteiger partial charge is 0.319 e. The van der Waals surface area contributed by atoms with E-state index in [9.17, 15) is 28.9 Å². The molecule has 1 fully saturated rings. The van der Waals surface area contributed by atoms with Crippen molar-refractivity contribution in [1.82, 2.24) is 4.90 Å². The van der Waals surface area contributed by atoms with Crippen LogP contribution in [0, 0.1) is 15.9 Å². The number of benzene rings is 2. The third kappa shape index (κ3) is 3.97. The Morgan fingerprint density at radius 1 is 1.11 bits per heavy atom. The van der Waals surface area contributed by atoms with E-state index >= 15 is 0 Å². The molecule has 0 radical (unpaired) electrons. The van der Waals surface area contributed by atoms with Crippen LogP contribution in [0.25, 0.3) is 0 Å². The highest BCUT2D eigenvalue weighted by atomic mass is 19.1. The second kappa shape index (κ2) is 7.32. The van der Waals surface area contributed by atoms with Crippen LogP contribution in [0.5, 0.6) is 0 Å². The number of hydrogen-bond donors (Lipinski definition) is 1. The number of likely N-dealkylation sites (tertiary alicyclic amines) is 1. The van der Waals surface area contributed by atoms with E-state index in [1.165, 1.54) is 12.1 Å². The SMILES string of the molecule is O=C(Nc1cc([N+](=O)[O-])ccc1F)c1ccc(CN2C(=O)CCC2=O)cc1. The Labute approximate surface area is 152 Å². The van der Waals surface area contributed by atoms with Gasteiger partial charge in [-0.1, -0.05) is 12.1 Å². The van der Waals surface area contributed by atoms with Crippen LogP contribution in [0.1, 0.15) is 28.8 Å². The number of carbonyl (C=O) groups excluding carboxylic acids is 3. The number of hydrogen-bond acceptors (Lipinski definition) is 5. The Bertz CT molecular complexity index is 927. The lowest BCUT2D eigenvalue weighted by Gasteiger charge is -2.14. The zero-order valence-corrected chi connectivity index (χ0v) is 14.0. The first-order valence-electron chi connectivity index (χ1n) is 8.02. The van der Waals surface area contributed by atoms with E-state index in [1.807, 2.05) is 0 Å². The Hall–Kier alpha value is -3.62. The van der Waals surface area contributed by atoms with Crippen LogP contribution < -0.4 is 5.32 Å². The summed E-state index contributed by atoms with van der Waals surface area (Å²) >= 11 is 0. The van der Waals surface area contributed by atoms with Crippen LogP contribution in [0.3, 0.4) is 0 Å². The Morgan fingerprint density at radius 3 is 2.33 bits per heavy atom. The van der Waals surface area contributed by atoms with E-state index in [1.54, 1.807) is 12.1 Å². The van der Waals surface area contributed by atoms with Crippen LogP contribution in [0.2, 0.25) is 0 Å². The molecule has 138 valence electrons. The van der Waals surface area contributed by atoms with Gasteiger partial charge in [-0.05, 0) is 23.8 Å². The molecule has 0 atom stereocenters. The number of imide groups is 1. The number of nitrogens with zero attached hydrogens (tertiary/aromatic N) is 2. The van der Waals surface area contributed by atoms with E-state index < -0.39 is 16.6 Å². The third-order valence-corrected chi connectivity index (χ3v) is 4.12. The van der Waals surface area contributed by atoms with Gasteiger partial charge in [0.15, 0.2) is 0 Å². The van der Waals surface area contributed by atoms with E-state index in [2.05, 4.69) is 5.32 Å². The van der Waals surface area contributed by atoms with Crippen LogP contribution >= 0.6 is 0 Å². The van der Waals surface area contributed by atoms with Gasteiger partial charge in [0.2, 0.25) is 11.8 Å². The van der Waals surface area contributed by atoms with Crippen molar-refractivity contribution in [2.45, 2.75) is 19.4 Å². The van der Waals surface area contributed by atoms with Gasteiger partial charge in [-0.25, -0.2) is 4.39 Å². The molecule has 1 heterocycles. The van der Waals surface area contributed by atoms with Crippen LogP contribution in [0.15, 0.2) is 42.5 Å². The second-order valence-electron chi connectivity index (χ2n) is 5.95.